The topological polar surface area (TPSA) is 82.6 Å². The molecule has 6 heteroatoms. The maximum atomic E-state index is 12.9. The summed E-state index contributed by atoms with van der Waals surface area (Å²) in [4.78, 5) is 28.7. The molecule has 1 aromatic heterocycles. The number of nitrogens with zero attached hydrogens (tertiary/aromatic N) is 1. The summed E-state index contributed by atoms with van der Waals surface area (Å²) in [6.07, 6.45) is 2.29. The number of phenolic OH excluding ortho intramolecular Hbond substituents is 1. The lowest BCUT2D eigenvalue weighted by molar-refractivity contribution is 0.0733. The quantitative estimate of drug-likeness (QED) is 0.734. The Morgan fingerprint density at radius 2 is 1.93 bits per heavy atom. The molecule has 0 saturated heterocycles. The van der Waals surface area contributed by atoms with Crippen LogP contribution in [0, 0.1) is 0 Å². The molecule has 0 fully saturated rings. The molecule has 0 aliphatic carbocycles. The Morgan fingerprint density at radius 1 is 1.11 bits per heavy atom. The van der Waals surface area contributed by atoms with Crippen molar-refractivity contribution in [1.29, 1.82) is 0 Å². The zero-order chi connectivity index (χ0) is 19.5. The van der Waals surface area contributed by atoms with E-state index >= 15 is 0 Å². The molecule has 1 amide bonds. The van der Waals surface area contributed by atoms with Gasteiger partial charge in [0.2, 0.25) is 5.56 Å². The Kier molecular flexibility index (Phi) is 4.85. The second-order valence-corrected chi connectivity index (χ2v) is 6.81. The van der Waals surface area contributed by atoms with Gasteiger partial charge in [0.25, 0.3) is 5.91 Å². The Morgan fingerprint density at radius 3 is 2.75 bits per heavy atom. The molecule has 1 aliphatic heterocycles. The molecule has 2 heterocycles. The zero-order valence-corrected chi connectivity index (χ0v) is 15.2. The van der Waals surface area contributed by atoms with Gasteiger partial charge in [0.1, 0.15) is 18.1 Å². The van der Waals surface area contributed by atoms with Gasteiger partial charge < -0.3 is 19.7 Å². The van der Waals surface area contributed by atoms with Crippen LogP contribution in [0.4, 0.5) is 0 Å². The summed E-state index contributed by atoms with van der Waals surface area (Å²) in [5.41, 5.74) is 3.14. The zero-order valence-electron chi connectivity index (χ0n) is 15.2. The van der Waals surface area contributed by atoms with E-state index in [4.69, 9.17) is 4.74 Å². The number of aromatic amines is 1. The smallest absolute Gasteiger partial charge is 0.254 e. The molecule has 0 radical (unpaired) electrons. The molecule has 0 atom stereocenters. The number of hydrogen-bond acceptors (Lipinski definition) is 4. The number of carbonyl (C=O) groups is 1. The van der Waals surface area contributed by atoms with Crippen LogP contribution in [0.3, 0.4) is 0 Å². The van der Waals surface area contributed by atoms with Crippen LogP contribution >= 0.6 is 0 Å². The average Bonchev–Trinajstić information content (AvgIpc) is 2.71. The van der Waals surface area contributed by atoms with Crippen LogP contribution in [0.1, 0.15) is 27.0 Å². The Bertz CT molecular complexity index is 1060. The Hall–Kier alpha value is -3.54. The minimum absolute atomic E-state index is 0.0179. The first-order chi connectivity index (χ1) is 13.6. The number of fused-ring (bicyclic) bond motifs is 1. The molecule has 6 nitrogen and oxygen atoms in total. The van der Waals surface area contributed by atoms with Crippen molar-refractivity contribution in [3.05, 3.63) is 93.4 Å². The number of amides is 1. The van der Waals surface area contributed by atoms with E-state index in [-0.39, 0.29) is 17.2 Å². The minimum atomic E-state index is -0.183. The molecular formula is C22H20N2O4. The van der Waals surface area contributed by atoms with Crippen molar-refractivity contribution >= 4 is 5.91 Å². The molecule has 4 rings (SSSR count). The fraction of sp³-hybridized carbons (Fsp3) is 0.182. The number of ether oxygens (including phenoxy) is 1. The average molecular weight is 376 g/mol. The summed E-state index contributed by atoms with van der Waals surface area (Å²) in [6.45, 7) is 1.29. The van der Waals surface area contributed by atoms with Gasteiger partial charge in [-0.1, -0.05) is 30.3 Å². The van der Waals surface area contributed by atoms with Crippen LogP contribution in [0.15, 0.2) is 65.6 Å². The third-order valence-corrected chi connectivity index (χ3v) is 4.79. The van der Waals surface area contributed by atoms with Crippen molar-refractivity contribution in [2.75, 3.05) is 6.54 Å². The van der Waals surface area contributed by atoms with E-state index in [9.17, 15) is 14.7 Å². The second kappa shape index (κ2) is 7.60. The molecule has 2 N–H and O–H groups in total. The first kappa shape index (κ1) is 17.9. The highest BCUT2D eigenvalue weighted by Crippen LogP contribution is 2.25. The van der Waals surface area contributed by atoms with Gasteiger partial charge >= 0.3 is 0 Å². The number of aromatic hydroxyl groups is 1. The van der Waals surface area contributed by atoms with Crippen LogP contribution in [-0.4, -0.2) is 27.4 Å². The lowest BCUT2D eigenvalue weighted by Gasteiger charge is -2.28. The molecule has 2 aromatic carbocycles. The highest BCUT2D eigenvalue weighted by Gasteiger charge is 2.23. The Labute approximate surface area is 162 Å². The molecule has 0 bridgehead atoms. The van der Waals surface area contributed by atoms with Gasteiger partial charge in [-0.2, -0.15) is 0 Å². The highest BCUT2D eigenvalue weighted by atomic mass is 16.5. The van der Waals surface area contributed by atoms with Crippen molar-refractivity contribution in [3.63, 3.8) is 0 Å². The van der Waals surface area contributed by atoms with Crippen molar-refractivity contribution in [2.24, 2.45) is 0 Å². The molecule has 0 unspecified atom stereocenters. The predicted molar refractivity (Wildman–Crippen MR) is 104 cm³/mol. The summed E-state index contributed by atoms with van der Waals surface area (Å²) in [6, 6.07) is 15.9. The molecule has 1 aliphatic rings. The first-order valence-electron chi connectivity index (χ1n) is 9.09. The molecular weight excluding hydrogens is 356 g/mol. The van der Waals surface area contributed by atoms with E-state index in [2.05, 4.69) is 4.98 Å². The fourth-order valence-corrected chi connectivity index (χ4v) is 3.35. The summed E-state index contributed by atoms with van der Waals surface area (Å²) in [7, 11) is 0. The van der Waals surface area contributed by atoms with Gasteiger partial charge in [0.15, 0.2) is 0 Å². The van der Waals surface area contributed by atoms with E-state index in [0.717, 1.165) is 16.7 Å². The van der Waals surface area contributed by atoms with Gasteiger partial charge in [0.05, 0.1) is 0 Å². The van der Waals surface area contributed by atoms with Crippen LogP contribution < -0.4 is 10.3 Å². The molecule has 0 saturated carbocycles. The first-order valence-corrected chi connectivity index (χ1v) is 9.09. The summed E-state index contributed by atoms with van der Waals surface area (Å²) in [5, 5.41) is 10.0. The maximum absolute atomic E-state index is 12.9. The maximum Gasteiger partial charge on any atom is 0.254 e. The number of hydrogen-bond donors (Lipinski definition) is 2. The SMILES string of the molecule is O=C(c1cc(O)cc(OCc2ccccc2)c1)N1CCc2cc(=O)[nH]cc2C1. The van der Waals surface area contributed by atoms with Crippen LogP contribution in [-0.2, 0) is 19.6 Å². The standard InChI is InChI=1S/C22H20N2O4/c25-19-8-17(9-20(11-19)28-14-15-4-2-1-3-5-15)22(27)24-7-6-16-10-21(26)23-12-18(16)13-24/h1-5,8-12,25H,6-7,13-14H2,(H,23,26). The Balaban J connectivity index is 1.50. The highest BCUT2D eigenvalue weighted by molar-refractivity contribution is 5.95. The van der Waals surface area contributed by atoms with Gasteiger partial charge in [-0.15, -0.1) is 0 Å². The molecule has 0 spiro atoms. The van der Waals surface area contributed by atoms with Crippen molar-refractivity contribution < 1.29 is 14.6 Å². The summed E-state index contributed by atoms with van der Waals surface area (Å²) >= 11 is 0. The van der Waals surface area contributed by atoms with Gasteiger partial charge in [0, 0.05) is 37.0 Å². The van der Waals surface area contributed by atoms with E-state index in [1.807, 2.05) is 30.3 Å². The van der Waals surface area contributed by atoms with E-state index < -0.39 is 0 Å². The summed E-state index contributed by atoms with van der Waals surface area (Å²) < 4.78 is 5.75. The monoisotopic (exact) mass is 376 g/mol. The van der Waals surface area contributed by atoms with Crippen LogP contribution in [0.2, 0.25) is 0 Å². The number of nitrogens with one attached hydrogen (secondary N) is 1. The number of rotatable bonds is 4. The third kappa shape index (κ3) is 3.91. The van der Waals surface area contributed by atoms with E-state index in [0.29, 0.717) is 37.4 Å². The normalized spacial score (nSPS) is 13.1. The van der Waals surface area contributed by atoms with Crippen molar-refractivity contribution in [3.8, 4) is 11.5 Å². The van der Waals surface area contributed by atoms with Gasteiger partial charge in [-0.25, -0.2) is 0 Å². The van der Waals surface area contributed by atoms with Gasteiger partial charge in [-0.05, 0) is 35.2 Å². The fourth-order valence-electron chi connectivity index (χ4n) is 3.35. The van der Waals surface area contributed by atoms with Crippen LogP contribution in [0.5, 0.6) is 11.5 Å². The van der Waals surface area contributed by atoms with E-state index in [1.54, 1.807) is 23.2 Å². The third-order valence-electron chi connectivity index (χ3n) is 4.79. The number of H-pyrrole nitrogens is 1. The molecule has 28 heavy (non-hydrogen) atoms. The molecule has 142 valence electrons. The predicted octanol–water partition coefficient (Wildman–Crippen LogP) is 2.86. The number of carbonyl (C=O) groups excluding carboxylic acids is 1. The van der Waals surface area contributed by atoms with Crippen LogP contribution in [0.25, 0.3) is 0 Å². The van der Waals surface area contributed by atoms with Crippen molar-refractivity contribution in [1.82, 2.24) is 9.88 Å². The number of aromatic nitrogens is 1. The van der Waals surface area contributed by atoms with E-state index in [1.165, 1.54) is 12.1 Å². The number of benzene rings is 2. The largest absolute Gasteiger partial charge is 0.508 e. The lowest BCUT2D eigenvalue weighted by atomic mass is 10.0. The van der Waals surface area contributed by atoms with Crippen molar-refractivity contribution in [2.45, 2.75) is 19.6 Å². The van der Waals surface area contributed by atoms with Gasteiger partial charge in [-0.3, -0.25) is 9.59 Å². The number of phenols is 1. The second-order valence-electron chi connectivity index (χ2n) is 6.81. The lowest BCUT2D eigenvalue weighted by Crippen LogP contribution is -2.36. The molecule has 3 aromatic rings. The summed E-state index contributed by atoms with van der Waals surface area (Å²) in [5.74, 6) is 0.238. The number of pyridine rings is 1. The minimum Gasteiger partial charge on any atom is -0.508 e.